The lowest BCUT2D eigenvalue weighted by molar-refractivity contribution is 0.139. The Balaban J connectivity index is 1.71. The number of aliphatic hydroxyl groups excluding tert-OH is 2. The maximum atomic E-state index is 10.6. The fourth-order valence-electron chi connectivity index (χ4n) is 6.04. The van der Waals surface area contributed by atoms with Gasteiger partial charge < -0.3 is 15.1 Å². The Labute approximate surface area is 199 Å². The van der Waals surface area contributed by atoms with E-state index < -0.39 is 0 Å². The van der Waals surface area contributed by atoms with Crippen LogP contribution in [0.1, 0.15) is 105 Å². The van der Waals surface area contributed by atoms with Crippen LogP contribution in [-0.4, -0.2) is 47.0 Å². The number of aliphatic hydroxyl groups is 2. The molecule has 0 heterocycles. The van der Waals surface area contributed by atoms with Crippen LogP contribution in [0, 0.1) is 23.7 Å². The second-order valence-electron chi connectivity index (χ2n) is 10.8. The predicted molar refractivity (Wildman–Crippen MR) is 138 cm³/mol. The van der Waals surface area contributed by atoms with Crippen LogP contribution in [0.15, 0.2) is 23.8 Å². The number of nitrogens with zero attached hydrogens (tertiary/aromatic N) is 1. The summed E-state index contributed by atoms with van der Waals surface area (Å²) >= 11 is 0. The van der Waals surface area contributed by atoms with Gasteiger partial charge in [0.25, 0.3) is 0 Å². The van der Waals surface area contributed by atoms with Crippen molar-refractivity contribution in [3.05, 3.63) is 23.8 Å². The van der Waals surface area contributed by atoms with Gasteiger partial charge in [-0.2, -0.15) is 0 Å². The van der Waals surface area contributed by atoms with E-state index in [0.717, 1.165) is 19.3 Å². The van der Waals surface area contributed by atoms with Gasteiger partial charge in [0, 0.05) is 5.92 Å². The van der Waals surface area contributed by atoms with Crippen molar-refractivity contribution in [2.45, 2.75) is 117 Å². The van der Waals surface area contributed by atoms with Crippen molar-refractivity contribution < 1.29 is 10.2 Å². The van der Waals surface area contributed by atoms with Crippen molar-refractivity contribution in [2.24, 2.45) is 23.7 Å². The summed E-state index contributed by atoms with van der Waals surface area (Å²) in [5.74, 6) is 1.86. The molecule has 0 bridgehead atoms. The van der Waals surface area contributed by atoms with Gasteiger partial charge in [0.2, 0.25) is 0 Å². The standard InChI is InChI=1S/C29H53NO2/c1-5-8-12-23(4)19-26(31)14-15-27-28-21-24(20-25(28)22-29(27)32)13-10-9-11-18-30(16-6-2)17-7-3/h14-15,20,23,25-29,31-32H,5-13,16-19,21-22H2,1-4H3/t23-,25-,26+,27+,28-,29+/m0/s1. The molecule has 0 aliphatic heterocycles. The van der Waals surface area contributed by atoms with Gasteiger partial charge >= 0.3 is 0 Å². The number of unbranched alkanes of at least 4 members (excludes halogenated alkanes) is 3. The van der Waals surface area contributed by atoms with Crippen LogP contribution in [0.4, 0.5) is 0 Å². The van der Waals surface area contributed by atoms with Crippen LogP contribution in [-0.2, 0) is 0 Å². The van der Waals surface area contributed by atoms with Crippen molar-refractivity contribution in [1.29, 1.82) is 0 Å². The van der Waals surface area contributed by atoms with Crippen molar-refractivity contribution in [2.75, 3.05) is 19.6 Å². The summed E-state index contributed by atoms with van der Waals surface area (Å²) in [5.41, 5.74) is 1.62. The lowest BCUT2D eigenvalue weighted by atomic mass is 9.88. The number of allylic oxidation sites excluding steroid dienone is 2. The minimum atomic E-state index is -0.373. The predicted octanol–water partition coefficient (Wildman–Crippen LogP) is 6.75. The molecule has 0 radical (unpaired) electrons. The van der Waals surface area contributed by atoms with Gasteiger partial charge in [-0.1, -0.05) is 77.2 Å². The first-order valence-electron chi connectivity index (χ1n) is 13.9. The summed E-state index contributed by atoms with van der Waals surface area (Å²) in [6, 6.07) is 0. The number of fused-ring (bicyclic) bond motifs is 1. The topological polar surface area (TPSA) is 43.7 Å². The highest BCUT2D eigenvalue weighted by Crippen LogP contribution is 2.48. The molecule has 0 saturated heterocycles. The zero-order valence-corrected chi connectivity index (χ0v) is 21.6. The SMILES string of the molecule is CCCC[C@H](C)C[C@H](O)C=C[C@@H]1[C@H]2CC(CCCCCN(CCC)CCC)=C[C@H]2C[C@H]1O. The quantitative estimate of drug-likeness (QED) is 0.191. The Kier molecular flexibility index (Phi) is 13.2. The molecule has 0 aromatic carbocycles. The van der Waals surface area contributed by atoms with Gasteiger partial charge in [0.05, 0.1) is 12.2 Å². The van der Waals surface area contributed by atoms with Crippen LogP contribution in [0.3, 0.4) is 0 Å². The molecule has 0 aromatic rings. The van der Waals surface area contributed by atoms with Crippen LogP contribution in [0.25, 0.3) is 0 Å². The minimum absolute atomic E-state index is 0.214. The third-order valence-electron chi connectivity index (χ3n) is 7.75. The van der Waals surface area contributed by atoms with Crippen LogP contribution in [0.2, 0.25) is 0 Å². The smallest absolute Gasteiger partial charge is 0.0723 e. The molecule has 0 unspecified atom stereocenters. The van der Waals surface area contributed by atoms with E-state index in [1.165, 1.54) is 77.4 Å². The Morgan fingerprint density at radius 2 is 1.78 bits per heavy atom. The van der Waals surface area contributed by atoms with Crippen LogP contribution in [0.5, 0.6) is 0 Å². The Morgan fingerprint density at radius 1 is 1.03 bits per heavy atom. The van der Waals surface area contributed by atoms with E-state index >= 15 is 0 Å². The molecule has 0 spiro atoms. The molecule has 1 fully saturated rings. The molecule has 6 atom stereocenters. The average molecular weight is 448 g/mol. The molecule has 186 valence electrons. The van der Waals surface area contributed by atoms with E-state index in [-0.39, 0.29) is 18.1 Å². The molecule has 0 amide bonds. The fourth-order valence-corrected chi connectivity index (χ4v) is 6.04. The summed E-state index contributed by atoms with van der Waals surface area (Å²) in [7, 11) is 0. The van der Waals surface area contributed by atoms with E-state index in [4.69, 9.17) is 0 Å². The van der Waals surface area contributed by atoms with E-state index in [2.05, 4.69) is 44.7 Å². The highest BCUT2D eigenvalue weighted by Gasteiger charge is 2.43. The third kappa shape index (κ3) is 9.31. The molecule has 32 heavy (non-hydrogen) atoms. The Morgan fingerprint density at radius 3 is 2.47 bits per heavy atom. The highest BCUT2D eigenvalue weighted by molar-refractivity contribution is 5.21. The minimum Gasteiger partial charge on any atom is -0.392 e. The van der Waals surface area contributed by atoms with Gasteiger partial charge in [0.15, 0.2) is 0 Å². The molecule has 2 N–H and O–H groups in total. The summed E-state index contributed by atoms with van der Waals surface area (Å²) in [6.07, 6.45) is 20.2. The maximum Gasteiger partial charge on any atom is 0.0723 e. The Hall–Kier alpha value is -0.640. The molecule has 3 nitrogen and oxygen atoms in total. The fraction of sp³-hybridized carbons (Fsp3) is 0.862. The van der Waals surface area contributed by atoms with Gasteiger partial charge in [0.1, 0.15) is 0 Å². The Bertz CT molecular complexity index is 551. The van der Waals surface area contributed by atoms with Crippen molar-refractivity contribution in [1.82, 2.24) is 4.90 Å². The summed E-state index contributed by atoms with van der Waals surface area (Å²) in [6.45, 7) is 12.8. The zero-order chi connectivity index (χ0) is 23.3. The second-order valence-corrected chi connectivity index (χ2v) is 10.8. The van der Waals surface area contributed by atoms with E-state index in [9.17, 15) is 10.2 Å². The van der Waals surface area contributed by atoms with Crippen molar-refractivity contribution in [3.63, 3.8) is 0 Å². The molecule has 1 saturated carbocycles. The van der Waals surface area contributed by atoms with Gasteiger partial charge in [-0.3, -0.25) is 0 Å². The van der Waals surface area contributed by atoms with Crippen molar-refractivity contribution >= 4 is 0 Å². The largest absolute Gasteiger partial charge is 0.392 e. The molecule has 0 aromatic heterocycles. The molecular weight excluding hydrogens is 394 g/mol. The number of hydrogen-bond acceptors (Lipinski definition) is 3. The first kappa shape index (κ1) is 27.6. The molecule has 2 aliphatic carbocycles. The molecule has 2 rings (SSSR count). The second kappa shape index (κ2) is 15.3. The van der Waals surface area contributed by atoms with Crippen LogP contribution >= 0.6 is 0 Å². The summed E-state index contributed by atoms with van der Waals surface area (Å²) < 4.78 is 0. The van der Waals surface area contributed by atoms with E-state index in [0.29, 0.717) is 17.8 Å². The summed E-state index contributed by atoms with van der Waals surface area (Å²) in [4.78, 5) is 2.62. The van der Waals surface area contributed by atoms with Gasteiger partial charge in [-0.15, -0.1) is 0 Å². The third-order valence-corrected chi connectivity index (χ3v) is 7.75. The van der Waals surface area contributed by atoms with Gasteiger partial charge in [-0.25, -0.2) is 0 Å². The summed E-state index contributed by atoms with van der Waals surface area (Å²) in [5, 5.41) is 21.1. The molecule has 3 heteroatoms. The van der Waals surface area contributed by atoms with E-state index in [1.807, 2.05) is 6.08 Å². The first-order chi connectivity index (χ1) is 15.5. The molecular formula is C29H53NO2. The van der Waals surface area contributed by atoms with E-state index in [1.54, 1.807) is 5.57 Å². The molecule has 2 aliphatic rings. The van der Waals surface area contributed by atoms with Gasteiger partial charge in [-0.05, 0) is 88.8 Å². The highest BCUT2D eigenvalue weighted by atomic mass is 16.3. The van der Waals surface area contributed by atoms with Crippen LogP contribution < -0.4 is 0 Å². The number of hydrogen-bond donors (Lipinski definition) is 2. The monoisotopic (exact) mass is 447 g/mol. The van der Waals surface area contributed by atoms with Crippen molar-refractivity contribution in [3.8, 4) is 0 Å². The number of rotatable bonds is 17. The normalized spacial score (nSPS) is 27.3. The lowest BCUT2D eigenvalue weighted by Crippen LogP contribution is -2.26. The maximum absolute atomic E-state index is 10.6. The lowest BCUT2D eigenvalue weighted by Gasteiger charge is -2.21. The first-order valence-corrected chi connectivity index (χ1v) is 13.9. The zero-order valence-electron chi connectivity index (χ0n) is 21.6. The average Bonchev–Trinajstić information content (AvgIpc) is 3.27.